The molecule has 24 heavy (non-hydrogen) atoms. The molecule has 0 aliphatic carbocycles. The maximum absolute atomic E-state index is 12.4. The zero-order valence-corrected chi connectivity index (χ0v) is 14.7. The van der Waals surface area contributed by atoms with Gasteiger partial charge in [-0.05, 0) is 23.8 Å². The topological polar surface area (TPSA) is 86.7 Å². The number of rotatable bonds is 6. The summed E-state index contributed by atoms with van der Waals surface area (Å²) in [6.07, 6.45) is 1.50. The van der Waals surface area contributed by atoms with Gasteiger partial charge in [-0.15, -0.1) is 0 Å². The summed E-state index contributed by atoms with van der Waals surface area (Å²) < 4.78 is 0.286. The number of benzene rings is 1. The molecule has 1 aliphatic heterocycles. The van der Waals surface area contributed by atoms with Gasteiger partial charge in [-0.25, -0.2) is 0 Å². The van der Waals surface area contributed by atoms with E-state index in [2.05, 4.69) is 5.32 Å². The van der Waals surface area contributed by atoms with Crippen LogP contribution in [0.4, 0.5) is 0 Å². The first-order valence-corrected chi connectivity index (χ1v) is 8.46. The number of aliphatic carboxylic acids is 1. The number of nitrogens with one attached hydrogen (secondary N) is 1. The molecule has 1 aromatic rings. The summed E-state index contributed by atoms with van der Waals surface area (Å²) in [6, 6.07) is 6.97. The van der Waals surface area contributed by atoms with Crippen LogP contribution in [0, 0.1) is 0 Å². The molecule has 0 atom stereocenters. The van der Waals surface area contributed by atoms with Crippen LogP contribution in [0.5, 0.6) is 0 Å². The zero-order valence-electron chi connectivity index (χ0n) is 12.3. The average molecular weight is 385 g/mol. The molecule has 2 amide bonds. The molecule has 1 aromatic carbocycles. The highest BCUT2D eigenvalue weighted by Gasteiger charge is 2.33. The predicted octanol–water partition coefficient (Wildman–Crippen LogP) is 2.13. The van der Waals surface area contributed by atoms with E-state index in [0.29, 0.717) is 9.93 Å². The number of carboxylic acids is 1. The van der Waals surface area contributed by atoms with Crippen molar-refractivity contribution in [3.8, 4) is 0 Å². The van der Waals surface area contributed by atoms with Gasteiger partial charge in [0.1, 0.15) is 10.9 Å². The molecule has 0 bridgehead atoms. The summed E-state index contributed by atoms with van der Waals surface area (Å²) in [5.41, 5.74) is 0.797. The Labute approximate surface area is 152 Å². The minimum Gasteiger partial charge on any atom is -0.481 e. The standard InChI is InChI=1S/C15H13ClN2O4S2/c16-10-3-1-9(2-4-10)7-11-14(22)18(15(23)24-11)8-12(19)17-6-5-13(20)21/h1-4,7H,5-6,8H2,(H,17,19)(H,20,21)/b11-7-. The molecule has 2 rings (SSSR count). The number of hydrogen-bond donors (Lipinski definition) is 2. The Morgan fingerprint density at radius 3 is 2.62 bits per heavy atom. The first-order chi connectivity index (χ1) is 11.4. The van der Waals surface area contributed by atoms with Crippen molar-refractivity contribution in [2.75, 3.05) is 13.1 Å². The lowest BCUT2D eigenvalue weighted by molar-refractivity contribution is -0.137. The van der Waals surface area contributed by atoms with E-state index in [4.69, 9.17) is 28.9 Å². The normalized spacial score (nSPS) is 15.9. The van der Waals surface area contributed by atoms with E-state index < -0.39 is 11.9 Å². The van der Waals surface area contributed by atoms with E-state index in [0.717, 1.165) is 17.3 Å². The van der Waals surface area contributed by atoms with Gasteiger partial charge in [0.2, 0.25) is 5.91 Å². The van der Waals surface area contributed by atoms with Crippen molar-refractivity contribution >= 4 is 63.8 Å². The van der Waals surface area contributed by atoms with Crippen molar-refractivity contribution in [1.82, 2.24) is 10.2 Å². The van der Waals surface area contributed by atoms with Crippen LogP contribution >= 0.6 is 35.6 Å². The van der Waals surface area contributed by atoms with E-state index in [9.17, 15) is 14.4 Å². The van der Waals surface area contributed by atoms with Crippen molar-refractivity contribution in [1.29, 1.82) is 0 Å². The maximum Gasteiger partial charge on any atom is 0.305 e. The van der Waals surface area contributed by atoms with Gasteiger partial charge >= 0.3 is 5.97 Å². The van der Waals surface area contributed by atoms with Crippen molar-refractivity contribution in [2.24, 2.45) is 0 Å². The number of nitrogens with zero attached hydrogens (tertiary/aromatic N) is 1. The number of amides is 2. The van der Waals surface area contributed by atoms with Crippen LogP contribution in [0.15, 0.2) is 29.2 Å². The first kappa shape index (κ1) is 18.4. The van der Waals surface area contributed by atoms with Gasteiger partial charge in [0.05, 0.1) is 11.3 Å². The van der Waals surface area contributed by atoms with Gasteiger partial charge in [0, 0.05) is 11.6 Å². The molecule has 0 spiro atoms. The molecular weight excluding hydrogens is 372 g/mol. The molecule has 0 unspecified atom stereocenters. The molecule has 9 heteroatoms. The summed E-state index contributed by atoms with van der Waals surface area (Å²) in [7, 11) is 0. The summed E-state index contributed by atoms with van der Waals surface area (Å²) in [4.78, 5) is 36.1. The maximum atomic E-state index is 12.4. The molecule has 1 aliphatic rings. The molecule has 126 valence electrons. The lowest BCUT2D eigenvalue weighted by Crippen LogP contribution is -2.40. The summed E-state index contributed by atoms with van der Waals surface area (Å²) >= 11 is 12.1. The van der Waals surface area contributed by atoms with Crippen molar-refractivity contribution in [3.63, 3.8) is 0 Å². The molecule has 1 saturated heterocycles. The lowest BCUT2D eigenvalue weighted by Gasteiger charge is -2.13. The smallest absolute Gasteiger partial charge is 0.305 e. The SMILES string of the molecule is O=C(O)CCNC(=O)CN1C(=O)/C(=C/c2ccc(Cl)cc2)SC1=S. The quantitative estimate of drug-likeness (QED) is 0.577. The summed E-state index contributed by atoms with van der Waals surface area (Å²) in [5, 5.41) is 11.6. The van der Waals surface area contributed by atoms with E-state index in [-0.39, 0.29) is 29.7 Å². The largest absolute Gasteiger partial charge is 0.481 e. The van der Waals surface area contributed by atoms with Crippen LogP contribution in [-0.2, 0) is 14.4 Å². The van der Waals surface area contributed by atoms with Crippen molar-refractivity contribution in [2.45, 2.75) is 6.42 Å². The van der Waals surface area contributed by atoms with Crippen LogP contribution in [0.3, 0.4) is 0 Å². The average Bonchev–Trinajstić information content (AvgIpc) is 2.77. The molecule has 6 nitrogen and oxygen atoms in total. The van der Waals surface area contributed by atoms with Crippen LogP contribution in [0.1, 0.15) is 12.0 Å². The van der Waals surface area contributed by atoms with Gasteiger partial charge in [-0.1, -0.05) is 47.7 Å². The predicted molar refractivity (Wildman–Crippen MR) is 96.6 cm³/mol. The summed E-state index contributed by atoms with van der Waals surface area (Å²) in [5.74, 6) is -1.82. The van der Waals surface area contributed by atoms with E-state index in [1.165, 1.54) is 4.90 Å². The molecule has 0 saturated carbocycles. The van der Waals surface area contributed by atoms with Crippen LogP contribution < -0.4 is 5.32 Å². The first-order valence-electron chi connectivity index (χ1n) is 6.86. The number of thiocarbonyl (C=S) groups is 1. The zero-order chi connectivity index (χ0) is 17.7. The fourth-order valence-electron chi connectivity index (χ4n) is 1.86. The second-order valence-corrected chi connectivity index (χ2v) is 6.93. The Kier molecular flexibility index (Phi) is 6.36. The Bertz CT molecular complexity index is 719. The number of carbonyl (C=O) groups excluding carboxylic acids is 2. The fraction of sp³-hybridized carbons (Fsp3) is 0.200. The number of carboxylic acid groups (broad SMARTS) is 1. The molecule has 1 fully saturated rings. The Hall–Kier alpha value is -1.90. The van der Waals surface area contributed by atoms with Crippen molar-refractivity contribution < 1.29 is 19.5 Å². The Balaban J connectivity index is 1.99. The summed E-state index contributed by atoms with van der Waals surface area (Å²) in [6.45, 7) is -0.230. The number of halogens is 1. The number of carbonyl (C=O) groups is 3. The highest BCUT2D eigenvalue weighted by molar-refractivity contribution is 8.26. The lowest BCUT2D eigenvalue weighted by atomic mass is 10.2. The third-order valence-electron chi connectivity index (χ3n) is 3.00. The molecule has 0 aromatic heterocycles. The van der Waals surface area contributed by atoms with Gasteiger partial charge < -0.3 is 10.4 Å². The molecule has 0 radical (unpaired) electrons. The van der Waals surface area contributed by atoms with Crippen LogP contribution in [0.25, 0.3) is 6.08 Å². The van der Waals surface area contributed by atoms with Crippen LogP contribution in [-0.4, -0.2) is 45.2 Å². The second kappa shape index (κ2) is 8.27. The van der Waals surface area contributed by atoms with E-state index in [1.807, 2.05) is 0 Å². The van der Waals surface area contributed by atoms with E-state index >= 15 is 0 Å². The van der Waals surface area contributed by atoms with E-state index in [1.54, 1.807) is 30.3 Å². The van der Waals surface area contributed by atoms with Gasteiger partial charge in [0.25, 0.3) is 5.91 Å². The third kappa shape index (κ3) is 5.05. The molecule has 1 heterocycles. The minimum atomic E-state index is -1.01. The minimum absolute atomic E-state index is 0.00354. The third-order valence-corrected chi connectivity index (χ3v) is 4.63. The molecule has 2 N–H and O–H groups in total. The Morgan fingerprint density at radius 2 is 2.00 bits per heavy atom. The highest BCUT2D eigenvalue weighted by Crippen LogP contribution is 2.32. The number of thioether (sulfide) groups is 1. The fourth-order valence-corrected chi connectivity index (χ4v) is 3.24. The van der Waals surface area contributed by atoms with Crippen molar-refractivity contribution in [3.05, 3.63) is 39.8 Å². The monoisotopic (exact) mass is 384 g/mol. The van der Waals surface area contributed by atoms with Gasteiger partial charge in [-0.3, -0.25) is 19.3 Å². The molecular formula is C15H13ClN2O4S2. The van der Waals surface area contributed by atoms with Crippen LogP contribution in [0.2, 0.25) is 5.02 Å². The highest BCUT2D eigenvalue weighted by atomic mass is 35.5. The second-order valence-electron chi connectivity index (χ2n) is 4.81. The Morgan fingerprint density at radius 1 is 1.33 bits per heavy atom. The van der Waals surface area contributed by atoms with Gasteiger partial charge in [-0.2, -0.15) is 0 Å². The van der Waals surface area contributed by atoms with Gasteiger partial charge in [0.15, 0.2) is 0 Å². The number of hydrogen-bond acceptors (Lipinski definition) is 5.